The molecule has 32 heavy (non-hydrogen) atoms. The molecule has 1 spiro atoms. The second kappa shape index (κ2) is 10.6. The third kappa shape index (κ3) is 5.68. The van der Waals surface area contributed by atoms with Gasteiger partial charge in [-0.2, -0.15) is 0 Å². The largest absolute Gasteiger partial charge is 0.485 e. The van der Waals surface area contributed by atoms with Crippen molar-refractivity contribution in [1.29, 1.82) is 0 Å². The summed E-state index contributed by atoms with van der Waals surface area (Å²) in [6.07, 6.45) is 14.3. The minimum Gasteiger partial charge on any atom is -0.485 e. The zero-order chi connectivity index (χ0) is 22.6. The molecule has 1 heterocycles. The molecule has 1 aliphatic heterocycles. The zero-order valence-corrected chi connectivity index (χ0v) is 20.7. The quantitative estimate of drug-likeness (QED) is 0.572. The van der Waals surface area contributed by atoms with E-state index in [1.165, 1.54) is 51.5 Å². The Morgan fingerprint density at radius 2 is 1.72 bits per heavy atom. The summed E-state index contributed by atoms with van der Waals surface area (Å²) >= 11 is 0. The van der Waals surface area contributed by atoms with E-state index in [2.05, 4.69) is 41.1 Å². The molecule has 0 aromatic heterocycles. The van der Waals surface area contributed by atoms with Crippen LogP contribution in [0.3, 0.4) is 0 Å². The fourth-order valence-corrected chi connectivity index (χ4v) is 6.24. The molecule has 2 saturated carbocycles. The molecule has 2 fully saturated rings. The van der Waals surface area contributed by atoms with Gasteiger partial charge in [0.05, 0.1) is 6.54 Å². The van der Waals surface area contributed by atoms with Gasteiger partial charge in [-0.25, -0.2) is 0 Å². The highest BCUT2D eigenvalue weighted by atomic mass is 16.5. The van der Waals surface area contributed by atoms with Crippen LogP contribution < -0.4 is 4.74 Å². The van der Waals surface area contributed by atoms with E-state index < -0.39 is 0 Å². The molecular formula is C28H44N2O2. The SMILES string of the molecule is CC(C)C(=O)N1Cc2ccccc2OC2(CCC(N(C)CC3CCCCCCC3)CC2)C1. The average molecular weight is 441 g/mol. The van der Waals surface area contributed by atoms with Crippen LogP contribution in [-0.2, 0) is 11.3 Å². The van der Waals surface area contributed by atoms with Gasteiger partial charge in [-0.3, -0.25) is 4.79 Å². The van der Waals surface area contributed by atoms with Gasteiger partial charge < -0.3 is 14.5 Å². The molecule has 1 aromatic rings. The standard InChI is InChI=1S/C28H44N2O2/c1-22(2)27(31)30-20-24-13-9-10-14-26(24)32-28(21-30)17-15-25(16-18-28)29(3)19-23-11-7-5-4-6-8-12-23/h9-10,13-14,22-23,25H,4-8,11-12,15-21H2,1-3H3. The number of rotatable bonds is 4. The minimum atomic E-state index is -0.241. The van der Waals surface area contributed by atoms with Crippen molar-refractivity contribution in [2.75, 3.05) is 20.1 Å². The van der Waals surface area contributed by atoms with Crippen molar-refractivity contribution in [1.82, 2.24) is 9.80 Å². The fourth-order valence-electron chi connectivity index (χ4n) is 6.24. The maximum absolute atomic E-state index is 13.0. The molecule has 0 N–H and O–H groups in total. The maximum atomic E-state index is 13.0. The Morgan fingerprint density at radius 3 is 2.41 bits per heavy atom. The Kier molecular flexibility index (Phi) is 7.81. The molecule has 4 nitrogen and oxygen atoms in total. The van der Waals surface area contributed by atoms with Crippen LogP contribution in [0.2, 0.25) is 0 Å². The Bertz CT molecular complexity index is 746. The number of para-hydroxylation sites is 1. The molecule has 1 aromatic carbocycles. The molecular weight excluding hydrogens is 396 g/mol. The number of hydrogen-bond donors (Lipinski definition) is 0. The van der Waals surface area contributed by atoms with Crippen LogP contribution in [0.1, 0.15) is 90.0 Å². The lowest BCUT2D eigenvalue weighted by atomic mass is 9.80. The van der Waals surface area contributed by atoms with Crippen molar-refractivity contribution in [2.24, 2.45) is 11.8 Å². The summed E-state index contributed by atoms with van der Waals surface area (Å²) in [4.78, 5) is 17.7. The summed E-state index contributed by atoms with van der Waals surface area (Å²) < 4.78 is 6.74. The summed E-state index contributed by atoms with van der Waals surface area (Å²) in [6.45, 7) is 6.65. The van der Waals surface area contributed by atoms with E-state index in [-0.39, 0.29) is 17.4 Å². The van der Waals surface area contributed by atoms with E-state index in [0.29, 0.717) is 12.6 Å². The second-order valence-electron chi connectivity index (χ2n) is 11.1. The first-order valence-electron chi connectivity index (χ1n) is 13.2. The molecule has 4 rings (SSSR count). The Hall–Kier alpha value is -1.55. The summed E-state index contributed by atoms with van der Waals surface area (Å²) in [5.74, 6) is 2.11. The van der Waals surface area contributed by atoms with E-state index in [4.69, 9.17) is 4.74 Å². The molecule has 0 saturated heterocycles. The van der Waals surface area contributed by atoms with Crippen molar-refractivity contribution in [3.05, 3.63) is 29.8 Å². The molecule has 0 atom stereocenters. The van der Waals surface area contributed by atoms with Crippen LogP contribution in [0.5, 0.6) is 5.75 Å². The average Bonchev–Trinajstić information content (AvgIpc) is 2.91. The minimum absolute atomic E-state index is 0.0172. The molecule has 4 heteroatoms. The summed E-state index contributed by atoms with van der Waals surface area (Å²) in [5, 5.41) is 0. The van der Waals surface area contributed by atoms with Crippen molar-refractivity contribution < 1.29 is 9.53 Å². The van der Waals surface area contributed by atoms with Crippen molar-refractivity contribution >= 4 is 5.91 Å². The van der Waals surface area contributed by atoms with Crippen LogP contribution >= 0.6 is 0 Å². The lowest BCUT2D eigenvalue weighted by molar-refractivity contribution is -0.138. The van der Waals surface area contributed by atoms with E-state index in [1.54, 1.807) is 0 Å². The van der Waals surface area contributed by atoms with Crippen LogP contribution in [0.15, 0.2) is 24.3 Å². The summed E-state index contributed by atoms with van der Waals surface area (Å²) in [6, 6.07) is 8.96. The van der Waals surface area contributed by atoms with Crippen LogP contribution in [0, 0.1) is 11.8 Å². The van der Waals surface area contributed by atoms with E-state index >= 15 is 0 Å². The molecule has 178 valence electrons. The number of amides is 1. The van der Waals surface area contributed by atoms with Crippen LogP contribution in [0.4, 0.5) is 0 Å². The van der Waals surface area contributed by atoms with Crippen molar-refractivity contribution in [3.8, 4) is 5.75 Å². The fraction of sp³-hybridized carbons (Fsp3) is 0.750. The Balaban J connectivity index is 1.41. The van der Waals surface area contributed by atoms with Gasteiger partial charge in [-0.05, 0) is 57.6 Å². The van der Waals surface area contributed by atoms with E-state index in [0.717, 1.165) is 49.5 Å². The normalized spacial score (nSPS) is 27.5. The molecule has 1 amide bonds. The smallest absolute Gasteiger partial charge is 0.225 e. The van der Waals surface area contributed by atoms with Gasteiger partial charge in [0.25, 0.3) is 0 Å². The van der Waals surface area contributed by atoms with Gasteiger partial charge in [0, 0.05) is 30.6 Å². The predicted octanol–water partition coefficient (Wildman–Crippen LogP) is 6.04. The lowest BCUT2D eigenvalue weighted by Gasteiger charge is -2.44. The highest BCUT2D eigenvalue weighted by molar-refractivity contribution is 5.78. The van der Waals surface area contributed by atoms with Gasteiger partial charge >= 0.3 is 0 Å². The van der Waals surface area contributed by atoms with Crippen molar-refractivity contribution in [3.63, 3.8) is 0 Å². The molecule has 0 radical (unpaired) electrons. The Labute approximate surface area is 195 Å². The monoisotopic (exact) mass is 440 g/mol. The molecule has 2 aliphatic carbocycles. The van der Waals surface area contributed by atoms with Gasteiger partial charge in [0.15, 0.2) is 0 Å². The molecule has 3 aliphatic rings. The van der Waals surface area contributed by atoms with Gasteiger partial charge in [-0.15, -0.1) is 0 Å². The number of fused-ring (bicyclic) bond motifs is 1. The molecule has 0 unspecified atom stereocenters. The van der Waals surface area contributed by atoms with Crippen LogP contribution in [-0.4, -0.2) is 47.5 Å². The predicted molar refractivity (Wildman–Crippen MR) is 131 cm³/mol. The second-order valence-corrected chi connectivity index (χ2v) is 11.1. The molecule has 0 bridgehead atoms. The number of carbonyl (C=O) groups excluding carboxylic acids is 1. The third-order valence-electron chi connectivity index (χ3n) is 8.21. The van der Waals surface area contributed by atoms with Crippen molar-refractivity contribution in [2.45, 2.75) is 103 Å². The van der Waals surface area contributed by atoms with Gasteiger partial charge in [0.2, 0.25) is 5.91 Å². The topological polar surface area (TPSA) is 32.8 Å². The highest BCUT2D eigenvalue weighted by Crippen LogP contribution is 2.40. The van der Waals surface area contributed by atoms with E-state index in [1.807, 2.05) is 13.8 Å². The first-order chi connectivity index (χ1) is 15.5. The summed E-state index contributed by atoms with van der Waals surface area (Å²) in [5.41, 5.74) is 0.899. The number of ether oxygens (including phenoxy) is 1. The first kappa shape index (κ1) is 23.6. The highest BCUT2D eigenvalue weighted by Gasteiger charge is 2.43. The number of carbonyl (C=O) groups is 1. The van der Waals surface area contributed by atoms with Gasteiger partial charge in [0.1, 0.15) is 11.4 Å². The number of hydrogen-bond acceptors (Lipinski definition) is 3. The third-order valence-corrected chi connectivity index (χ3v) is 8.21. The lowest BCUT2D eigenvalue weighted by Crippen LogP contribution is -2.52. The van der Waals surface area contributed by atoms with Gasteiger partial charge in [-0.1, -0.05) is 64.2 Å². The number of benzene rings is 1. The first-order valence-corrected chi connectivity index (χ1v) is 13.2. The maximum Gasteiger partial charge on any atom is 0.225 e. The zero-order valence-electron chi connectivity index (χ0n) is 20.7. The van der Waals surface area contributed by atoms with E-state index in [9.17, 15) is 4.79 Å². The number of nitrogens with zero attached hydrogens (tertiary/aromatic N) is 2. The Morgan fingerprint density at radius 1 is 1.06 bits per heavy atom. The summed E-state index contributed by atoms with van der Waals surface area (Å²) in [7, 11) is 2.35. The van der Waals surface area contributed by atoms with Crippen LogP contribution in [0.25, 0.3) is 0 Å².